The van der Waals surface area contributed by atoms with Crippen molar-refractivity contribution in [3.63, 3.8) is 0 Å². The normalized spacial score (nSPS) is 11.7. The number of aromatic nitrogens is 2. The van der Waals surface area contributed by atoms with E-state index in [1.54, 1.807) is 0 Å². The monoisotopic (exact) mass is 331 g/mol. The summed E-state index contributed by atoms with van der Waals surface area (Å²) in [5.41, 5.74) is 5.72. The van der Waals surface area contributed by atoms with E-state index in [2.05, 4.69) is 22.5 Å². The first-order valence-electron chi connectivity index (χ1n) is 8.26. The second kappa shape index (κ2) is 6.02. The summed E-state index contributed by atoms with van der Waals surface area (Å²) in [5, 5.41) is 6.95. The van der Waals surface area contributed by atoms with Crippen molar-refractivity contribution in [2.45, 2.75) is 19.9 Å². The molecule has 0 bridgehead atoms. The third kappa shape index (κ3) is 2.74. The van der Waals surface area contributed by atoms with Gasteiger partial charge in [-0.1, -0.05) is 30.3 Å². The van der Waals surface area contributed by atoms with Crippen LogP contribution in [0.15, 0.2) is 59.4 Å². The highest BCUT2D eigenvalue weighted by Gasteiger charge is 2.18. The molecule has 0 aliphatic heterocycles. The lowest BCUT2D eigenvalue weighted by Crippen LogP contribution is -2.25. The molecule has 2 aromatic carbocycles. The minimum Gasteiger partial charge on any atom is -0.321 e. The predicted molar refractivity (Wildman–Crippen MR) is 96.8 cm³/mol. The van der Waals surface area contributed by atoms with E-state index < -0.39 is 0 Å². The average Bonchev–Trinajstić information content (AvgIpc) is 2.99. The lowest BCUT2D eigenvalue weighted by atomic mass is 10.1. The first kappa shape index (κ1) is 15.3. The molecular weight excluding hydrogens is 314 g/mol. The molecule has 0 radical (unpaired) electrons. The Kier molecular flexibility index (Phi) is 3.69. The molecule has 5 heteroatoms. The van der Waals surface area contributed by atoms with Crippen molar-refractivity contribution in [2.75, 3.05) is 5.32 Å². The minimum absolute atomic E-state index is 0.214. The zero-order valence-corrected chi connectivity index (χ0v) is 13.8. The largest absolute Gasteiger partial charge is 0.321 e. The Hall–Kier alpha value is -3.21. The molecule has 124 valence electrons. The van der Waals surface area contributed by atoms with E-state index >= 15 is 0 Å². The van der Waals surface area contributed by atoms with Crippen LogP contribution in [-0.2, 0) is 13.0 Å². The fourth-order valence-electron chi connectivity index (χ4n) is 3.21. The number of aryl methyl sites for hydroxylation is 1. The molecule has 5 nitrogen and oxygen atoms in total. The molecule has 0 fully saturated rings. The fraction of sp³-hybridized carbons (Fsp3) is 0.150. The van der Waals surface area contributed by atoms with Crippen LogP contribution in [-0.4, -0.2) is 15.7 Å². The summed E-state index contributed by atoms with van der Waals surface area (Å²) in [5.74, 6) is -0.322. The summed E-state index contributed by atoms with van der Waals surface area (Å²) in [6.07, 6.45) is 0.869. The van der Waals surface area contributed by atoms with E-state index in [9.17, 15) is 9.59 Å². The van der Waals surface area contributed by atoms with Gasteiger partial charge in [-0.25, -0.2) is 4.68 Å². The van der Waals surface area contributed by atoms with E-state index in [0.717, 1.165) is 12.1 Å². The van der Waals surface area contributed by atoms with Crippen molar-refractivity contribution in [3.8, 4) is 11.1 Å². The first-order valence-corrected chi connectivity index (χ1v) is 8.26. The predicted octanol–water partition coefficient (Wildman–Crippen LogP) is 3.09. The van der Waals surface area contributed by atoms with Crippen LogP contribution in [0.5, 0.6) is 0 Å². The summed E-state index contributed by atoms with van der Waals surface area (Å²) in [4.78, 5) is 24.0. The molecule has 0 saturated carbocycles. The molecule has 0 unspecified atom stereocenters. The third-order valence-corrected chi connectivity index (χ3v) is 4.45. The molecule has 0 atom stereocenters. The van der Waals surface area contributed by atoms with Gasteiger partial charge in [0.25, 0.3) is 11.5 Å². The smallest absolute Gasteiger partial charge is 0.276 e. The molecule has 1 aromatic heterocycles. The van der Waals surface area contributed by atoms with Crippen LogP contribution in [0.3, 0.4) is 0 Å². The number of anilines is 1. The Morgan fingerprint density at radius 3 is 2.72 bits per heavy atom. The zero-order valence-electron chi connectivity index (χ0n) is 13.8. The number of nitrogens with zero attached hydrogens (tertiary/aromatic N) is 2. The molecule has 1 aliphatic carbocycles. The summed E-state index contributed by atoms with van der Waals surface area (Å²) in [6.45, 7) is 2.24. The van der Waals surface area contributed by atoms with Crippen LogP contribution in [0.4, 0.5) is 5.69 Å². The van der Waals surface area contributed by atoms with Gasteiger partial charge in [0.1, 0.15) is 5.69 Å². The maximum absolute atomic E-state index is 12.4. The fourth-order valence-corrected chi connectivity index (χ4v) is 3.21. The van der Waals surface area contributed by atoms with Crippen molar-refractivity contribution in [3.05, 3.63) is 81.8 Å². The van der Waals surface area contributed by atoms with Gasteiger partial charge in [0.15, 0.2) is 0 Å². The van der Waals surface area contributed by atoms with E-state index in [0.29, 0.717) is 6.54 Å². The highest BCUT2D eigenvalue weighted by molar-refractivity contribution is 6.03. The molecule has 4 rings (SSSR count). The van der Waals surface area contributed by atoms with Gasteiger partial charge in [-0.3, -0.25) is 9.59 Å². The Morgan fingerprint density at radius 2 is 1.88 bits per heavy atom. The van der Waals surface area contributed by atoms with Gasteiger partial charge in [-0.2, -0.15) is 5.10 Å². The molecule has 0 spiro atoms. The maximum atomic E-state index is 12.4. The van der Waals surface area contributed by atoms with Crippen molar-refractivity contribution in [2.24, 2.45) is 0 Å². The van der Waals surface area contributed by atoms with Gasteiger partial charge in [0.2, 0.25) is 0 Å². The topological polar surface area (TPSA) is 64.0 Å². The molecule has 1 aliphatic rings. The highest BCUT2D eigenvalue weighted by atomic mass is 16.2. The van der Waals surface area contributed by atoms with Crippen LogP contribution in [0.1, 0.15) is 28.5 Å². The average molecular weight is 331 g/mol. The van der Waals surface area contributed by atoms with Gasteiger partial charge >= 0.3 is 0 Å². The van der Waals surface area contributed by atoms with E-state index in [1.165, 1.54) is 39.1 Å². The third-order valence-electron chi connectivity index (χ3n) is 4.45. The quantitative estimate of drug-likeness (QED) is 0.627. The molecule has 0 saturated heterocycles. The molecule has 25 heavy (non-hydrogen) atoms. The van der Waals surface area contributed by atoms with Crippen LogP contribution in [0, 0.1) is 0 Å². The number of carbonyl (C=O) groups excluding carboxylic acids is 1. The second-order valence-corrected chi connectivity index (χ2v) is 6.03. The second-order valence-electron chi connectivity index (χ2n) is 6.03. The number of benzene rings is 2. The highest BCUT2D eigenvalue weighted by Crippen LogP contribution is 2.37. The maximum Gasteiger partial charge on any atom is 0.276 e. The number of nitrogens with one attached hydrogen (secondary N) is 1. The molecule has 1 N–H and O–H groups in total. The van der Waals surface area contributed by atoms with Gasteiger partial charge in [0.05, 0.1) is 0 Å². The van der Waals surface area contributed by atoms with Crippen LogP contribution in [0.25, 0.3) is 11.1 Å². The van der Waals surface area contributed by atoms with E-state index in [1.807, 2.05) is 37.3 Å². The number of amides is 1. The van der Waals surface area contributed by atoms with Crippen molar-refractivity contribution < 1.29 is 4.79 Å². The molecular formula is C20H17N3O2. The molecule has 1 amide bonds. The van der Waals surface area contributed by atoms with Crippen molar-refractivity contribution in [1.82, 2.24) is 9.78 Å². The van der Waals surface area contributed by atoms with Gasteiger partial charge in [-0.15, -0.1) is 0 Å². The lowest BCUT2D eigenvalue weighted by Gasteiger charge is -2.08. The SMILES string of the molecule is CCn1nc(C(=O)Nc2ccc3c(c2)Cc2ccccc2-3)ccc1=O. The van der Waals surface area contributed by atoms with E-state index in [4.69, 9.17) is 0 Å². The number of hydrogen-bond donors (Lipinski definition) is 1. The van der Waals surface area contributed by atoms with Crippen LogP contribution >= 0.6 is 0 Å². The number of hydrogen-bond acceptors (Lipinski definition) is 3. The summed E-state index contributed by atoms with van der Waals surface area (Å²) < 4.78 is 1.27. The number of rotatable bonds is 3. The summed E-state index contributed by atoms with van der Waals surface area (Å²) in [6, 6.07) is 17.1. The Balaban J connectivity index is 1.59. The number of fused-ring (bicyclic) bond motifs is 3. The minimum atomic E-state index is -0.322. The van der Waals surface area contributed by atoms with Crippen molar-refractivity contribution >= 4 is 11.6 Å². The van der Waals surface area contributed by atoms with Gasteiger partial charge in [0, 0.05) is 18.3 Å². The first-order chi connectivity index (χ1) is 12.2. The molecule has 3 aromatic rings. The Bertz CT molecular complexity index is 1040. The molecule has 1 heterocycles. The van der Waals surface area contributed by atoms with E-state index in [-0.39, 0.29) is 17.2 Å². The Labute approximate surface area is 144 Å². The van der Waals surface area contributed by atoms with Crippen LogP contribution in [0.2, 0.25) is 0 Å². The summed E-state index contributed by atoms with van der Waals surface area (Å²) >= 11 is 0. The van der Waals surface area contributed by atoms with Crippen LogP contribution < -0.4 is 10.9 Å². The standard InChI is InChI=1S/C20H17N3O2/c1-2-23-19(24)10-9-18(22-23)20(25)21-15-7-8-17-14(12-15)11-13-5-3-4-6-16(13)17/h3-10,12H,2,11H2,1H3,(H,21,25). The summed E-state index contributed by atoms with van der Waals surface area (Å²) in [7, 11) is 0. The van der Waals surface area contributed by atoms with Gasteiger partial charge in [-0.05, 0) is 53.8 Å². The Morgan fingerprint density at radius 1 is 1.08 bits per heavy atom. The van der Waals surface area contributed by atoms with Gasteiger partial charge < -0.3 is 5.32 Å². The van der Waals surface area contributed by atoms with Crippen molar-refractivity contribution in [1.29, 1.82) is 0 Å². The zero-order chi connectivity index (χ0) is 17.4. The number of carbonyl (C=O) groups is 1. The lowest BCUT2D eigenvalue weighted by molar-refractivity contribution is 0.102.